The number of aromatic nitrogens is 1. The summed E-state index contributed by atoms with van der Waals surface area (Å²) in [6, 6.07) is 13.1. The summed E-state index contributed by atoms with van der Waals surface area (Å²) in [5, 5.41) is 3.94. The molecule has 1 aliphatic heterocycles. The number of methoxy groups -OCH3 is 1. The van der Waals surface area contributed by atoms with Gasteiger partial charge in [0.1, 0.15) is 5.75 Å². The van der Waals surface area contributed by atoms with Crippen LogP contribution in [0.25, 0.3) is 10.9 Å². The Morgan fingerprint density at radius 2 is 2.15 bits per heavy atom. The topological polar surface area (TPSA) is 80.4 Å². The number of H-pyrrole nitrogens is 1. The number of esters is 1. The van der Waals surface area contributed by atoms with Gasteiger partial charge in [-0.2, -0.15) is 0 Å². The Morgan fingerprint density at radius 3 is 3.00 bits per heavy atom. The van der Waals surface area contributed by atoms with Crippen molar-refractivity contribution in [2.45, 2.75) is 18.9 Å². The van der Waals surface area contributed by atoms with Crippen molar-refractivity contribution in [2.24, 2.45) is 0 Å². The third kappa shape index (κ3) is 3.38. The van der Waals surface area contributed by atoms with Crippen molar-refractivity contribution in [3.05, 3.63) is 65.4 Å². The normalized spacial score (nSPS) is 15.9. The van der Waals surface area contributed by atoms with E-state index < -0.39 is 12.1 Å². The van der Waals surface area contributed by atoms with Crippen molar-refractivity contribution in [2.75, 3.05) is 13.7 Å². The van der Waals surface area contributed by atoms with Crippen molar-refractivity contribution in [3.63, 3.8) is 0 Å². The van der Waals surface area contributed by atoms with Crippen LogP contribution in [0.15, 0.2) is 48.7 Å². The molecule has 1 aliphatic rings. The summed E-state index contributed by atoms with van der Waals surface area (Å²) in [6.07, 6.45) is 2.22. The maximum Gasteiger partial charge on any atom is 0.339 e. The van der Waals surface area contributed by atoms with Crippen molar-refractivity contribution >= 4 is 22.8 Å². The van der Waals surface area contributed by atoms with Crippen LogP contribution >= 0.6 is 0 Å². The van der Waals surface area contributed by atoms with E-state index in [-0.39, 0.29) is 5.91 Å². The number of nitrogens with one attached hydrogen (secondary N) is 2. The van der Waals surface area contributed by atoms with Crippen molar-refractivity contribution < 1.29 is 19.1 Å². The molecule has 2 N–H and O–H groups in total. The van der Waals surface area contributed by atoms with Gasteiger partial charge in [0.25, 0.3) is 5.91 Å². The Bertz CT molecular complexity index is 1010. The van der Waals surface area contributed by atoms with Gasteiger partial charge in [0.15, 0.2) is 6.10 Å². The van der Waals surface area contributed by atoms with Crippen molar-refractivity contribution in [3.8, 4) is 5.75 Å². The van der Waals surface area contributed by atoms with Crippen LogP contribution in [0.4, 0.5) is 0 Å². The van der Waals surface area contributed by atoms with E-state index in [1.165, 1.54) is 0 Å². The zero-order valence-corrected chi connectivity index (χ0v) is 15.0. The van der Waals surface area contributed by atoms with E-state index in [2.05, 4.69) is 10.3 Å². The van der Waals surface area contributed by atoms with E-state index in [0.717, 1.165) is 27.8 Å². The minimum atomic E-state index is -0.782. The molecule has 1 amide bonds. The maximum absolute atomic E-state index is 12.4. The van der Waals surface area contributed by atoms with Gasteiger partial charge in [-0.1, -0.05) is 18.2 Å². The van der Waals surface area contributed by atoms with Crippen LogP contribution in [0.2, 0.25) is 0 Å². The smallest absolute Gasteiger partial charge is 0.339 e. The Balaban J connectivity index is 1.38. The monoisotopic (exact) mass is 364 g/mol. The summed E-state index contributed by atoms with van der Waals surface area (Å²) in [5.74, 6) is 0.0798. The van der Waals surface area contributed by atoms with Crippen LogP contribution in [0.3, 0.4) is 0 Å². The SMILES string of the molecule is COc1ccc2[nH]cc(CCNC(=O)[C@H]3Cc4ccccc4C(=O)O3)c2c1. The van der Waals surface area contributed by atoms with Gasteiger partial charge in [0.2, 0.25) is 0 Å². The van der Waals surface area contributed by atoms with Crippen LogP contribution in [0, 0.1) is 0 Å². The number of amides is 1. The maximum atomic E-state index is 12.4. The molecule has 2 aromatic carbocycles. The number of ether oxygens (including phenoxy) is 2. The summed E-state index contributed by atoms with van der Waals surface area (Å²) in [7, 11) is 1.64. The lowest BCUT2D eigenvalue weighted by atomic mass is 9.98. The molecule has 6 nitrogen and oxygen atoms in total. The number of rotatable bonds is 5. The number of aromatic amines is 1. The largest absolute Gasteiger partial charge is 0.497 e. The highest BCUT2D eigenvalue weighted by molar-refractivity contribution is 5.95. The summed E-state index contributed by atoms with van der Waals surface area (Å²) in [6.45, 7) is 0.457. The molecule has 1 aromatic heterocycles. The van der Waals surface area contributed by atoms with Gasteiger partial charge in [0.05, 0.1) is 12.7 Å². The lowest BCUT2D eigenvalue weighted by molar-refractivity contribution is -0.130. The van der Waals surface area contributed by atoms with Crippen LogP contribution in [-0.4, -0.2) is 36.6 Å². The van der Waals surface area contributed by atoms with Gasteiger partial charge >= 0.3 is 5.97 Å². The van der Waals surface area contributed by atoms with E-state index in [9.17, 15) is 9.59 Å². The fourth-order valence-electron chi connectivity index (χ4n) is 3.40. The second kappa shape index (κ2) is 7.15. The summed E-state index contributed by atoms with van der Waals surface area (Å²) in [5.41, 5.74) is 3.50. The number of benzene rings is 2. The molecule has 0 spiro atoms. The Morgan fingerprint density at radius 1 is 1.30 bits per heavy atom. The van der Waals surface area contributed by atoms with Gasteiger partial charge in [0, 0.05) is 30.1 Å². The molecular formula is C21H20N2O4. The number of hydrogen-bond donors (Lipinski definition) is 2. The Labute approximate surface area is 156 Å². The number of fused-ring (bicyclic) bond motifs is 2. The third-order valence-corrected chi connectivity index (χ3v) is 4.85. The zero-order chi connectivity index (χ0) is 18.8. The van der Waals surface area contributed by atoms with Crippen LogP contribution in [0.1, 0.15) is 21.5 Å². The first-order valence-corrected chi connectivity index (χ1v) is 8.86. The first-order valence-electron chi connectivity index (χ1n) is 8.86. The quantitative estimate of drug-likeness (QED) is 0.682. The average Bonchev–Trinajstić information content (AvgIpc) is 3.10. The summed E-state index contributed by atoms with van der Waals surface area (Å²) < 4.78 is 10.6. The minimum Gasteiger partial charge on any atom is -0.497 e. The molecule has 0 saturated carbocycles. The zero-order valence-electron chi connectivity index (χ0n) is 15.0. The van der Waals surface area contributed by atoms with Crippen LogP contribution in [0.5, 0.6) is 5.75 Å². The Kier molecular flexibility index (Phi) is 4.54. The second-order valence-electron chi connectivity index (χ2n) is 6.52. The van der Waals surface area contributed by atoms with Gasteiger partial charge in [-0.05, 0) is 41.8 Å². The first kappa shape index (κ1) is 17.1. The predicted octanol–water partition coefficient (Wildman–Crippen LogP) is 2.62. The van der Waals surface area contributed by atoms with Crippen LogP contribution in [-0.2, 0) is 22.4 Å². The van der Waals surface area contributed by atoms with E-state index in [0.29, 0.717) is 24.9 Å². The molecule has 0 aliphatic carbocycles. The molecule has 1 atom stereocenters. The van der Waals surface area contributed by atoms with E-state index >= 15 is 0 Å². The fourth-order valence-corrected chi connectivity index (χ4v) is 3.40. The lowest BCUT2D eigenvalue weighted by Crippen LogP contribution is -2.42. The Hall–Kier alpha value is -3.28. The number of cyclic esters (lactones) is 1. The fraction of sp³-hybridized carbons (Fsp3) is 0.238. The highest BCUT2D eigenvalue weighted by Crippen LogP contribution is 2.24. The molecule has 2 heterocycles. The molecule has 0 bridgehead atoms. The molecule has 0 unspecified atom stereocenters. The standard InChI is InChI=1S/C21H20N2O4/c1-26-15-6-7-18-17(11-15)14(12-23-18)8-9-22-20(24)19-10-13-4-2-3-5-16(13)21(25)27-19/h2-7,11-12,19,23H,8-10H2,1H3,(H,22,24)/t19-/m1/s1. The van der Waals surface area contributed by atoms with Crippen LogP contribution < -0.4 is 10.1 Å². The van der Waals surface area contributed by atoms with E-state index in [1.54, 1.807) is 19.2 Å². The minimum absolute atomic E-state index is 0.268. The molecule has 27 heavy (non-hydrogen) atoms. The molecule has 0 saturated heterocycles. The third-order valence-electron chi connectivity index (χ3n) is 4.85. The molecule has 0 fully saturated rings. The molecule has 6 heteroatoms. The second-order valence-corrected chi connectivity index (χ2v) is 6.52. The highest BCUT2D eigenvalue weighted by Gasteiger charge is 2.30. The summed E-state index contributed by atoms with van der Waals surface area (Å²) >= 11 is 0. The molecular weight excluding hydrogens is 344 g/mol. The van der Waals surface area contributed by atoms with Gasteiger partial charge < -0.3 is 19.8 Å². The summed E-state index contributed by atoms with van der Waals surface area (Å²) in [4.78, 5) is 27.7. The molecule has 4 rings (SSSR count). The van der Waals surface area contributed by atoms with E-state index in [4.69, 9.17) is 9.47 Å². The van der Waals surface area contributed by atoms with E-state index in [1.807, 2.05) is 36.5 Å². The first-order chi connectivity index (χ1) is 13.2. The molecule has 3 aromatic rings. The highest BCUT2D eigenvalue weighted by atomic mass is 16.5. The van der Waals surface area contributed by atoms with Gasteiger partial charge in [-0.15, -0.1) is 0 Å². The number of hydrogen-bond acceptors (Lipinski definition) is 4. The molecule has 138 valence electrons. The van der Waals surface area contributed by atoms with Crippen molar-refractivity contribution in [1.29, 1.82) is 0 Å². The molecule has 0 radical (unpaired) electrons. The van der Waals surface area contributed by atoms with Crippen molar-refractivity contribution in [1.82, 2.24) is 10.3 Å². The number of carbonyl (C=O) groups excluding carboxylic acids is 2. The predicted molar refractivity (Wildman–Crippen MR) is 101 cm³/mol. The average molecular weight is 364 g/mol. The van der Waals surface area contributed by atoms with Gasteiger partial charge in [-0.3, -0.25) is 4.79 Å². The van der Waals surface area contributed by atoms with Gasteiger partial charge in [-0.25, -0.2) is 4.79 Å². The number of carbonyl (C=O) groups is 2. The lowest BCUT2D eigenvalue weighted by Gasteiger charge is -2.23.